The van der Waals surface area contributed by atoms with Crippen LogP contribution in [0.15, 0.2) is 23.8 Å². The van der Waals surface area contributed by atoms with Gasteiger partial charge in [0.15, 0.2) is 0 Å². The van der Waals surface area contributed by atoms with Crippen LogP contribution >= 0.6 is 0 Å². The third-order valence-electron chi connectivity index (χ3n) is 12.5. The molecule has 11 nitrogen and oxygen atoms in total. The lowest BCUT2D eigenvalue weighted by molar-refractivity contribution is -0.145. The number of carbonyl (C=O) groups excluding carboxylic acids is 1. The minimum Gasteiger partial charge on any atom is -0.481 e. The monoisotopic (exact) mass is 628 g/mol. The fourth-order valence-corrected chi connectivity index (χ4v) is 10.1. The summed E-state index contributed by atoms with van der Waals surface area (Å²) >= 11 is 0. The molecule has 0 saturated carbocycles. The number of carboxylic acid groups (broad SMARTS) is 3. The summed E-state index contributed by atoms with van der Waals surface area (Å²) in [6.45, 7) is 12.5. The Kier molecular flexibility index (Phi) is 10.2. The molecule has 7 N–H and O–H groups in total. The Morgan fingerprint density at radius 1 is 0.800 bits per heavy atom. The molecule has 0 spiro atoms. The van der Waals surface area contributed by atoms with Crippen LogP contribution in [-0.4, -0.2) is 87.8 Å². The number of carbonyl (C=O) groups is 4. The second kappa shape index (κ2) is 13.6. The first-order chi connectivity index (χ1) is 21.4. The van der Waals surface area contributed by atoms with Gasteiger partial charge in [-0.1, -0.05) is 33.8 Å². The SMILES string of the molecule is C=CC1C2CC3NC(CC4NC(C(CC(=O)O)C5NC(CC(N2)C1C)C(C)C5CCC(=O)O)C(C(=O)O)C4C)C(CC)=C3C=O. The van der Waals surface area contributed by atoms with E-state index in [0.29, 0.717) is 19.3 Å². The van der Waals surface area contributed by atoms with E-state index >= 15 is 0 Å². The predicted octanol–water partition coefficient (Wildman–Crippen LogP) is 2.42. The number of hydrogen-bond acceptors (Lipinski definition) is 8. The van der Waals surface area contributed by atoms with Crippen molar-refractivity contribution < 1.29 is 34.5 Å². The molecule has 5 rings (SSSR count). The lowest BCUT2D eigenvalue weighted by Gasteiger charge is -2.35. The van der Waals surface area contributed by atoms with Crippen LogP contribution in [0, 0.1) is 41.4 Å². The molecular weight excluding hydrogens is 576 g/mol. The van der Waals surface area contributed by atoms with E-state index in [2.05, 4.69) is 48.6 Å². The quantitative estimate of drug-likeness (QED) is 0.147. The smallest absolute Gasteiger partial charge is 0.308 e. The van der Waals surface area contributed by atoms with Crippen LogP contribution in [0.1, 0.15) is 72.6 Å². The molecule has 15 atom stereocenters. The Morgan fingerprint density at radius 2 is 1.44 bits per heavy atom. The van der Waals surface area contributed by atoms with Crippen molar-refractivity contribution in [1.29, 1.82) is 0 Å². The molecule has 0 aromatic rings. The molecule has 45 heavy (non-hydrogen) atoms. The van der Waals surface area contributed by atoms with Gasteiger partial charge < -0.3 is 36.6 Å². The van der Waals surface area contributed by atoms with Gasteiger partial charge >= 0.3 is 17.9 Å². The average Bonchev–Trinajstić information content (AvgIpc) is 3.67. The topological polar surface area (TPSA) is 177 Å². The first-order valence-electron chi connectivity index (χ1n) is 16.9. The first-order valence-corrected chi connectivity index (χ1v) is 16.9. The zero-order valence-corrected chi connectivity index (χ0v) is 26.9. The molecule has 0 aromatic carbocycles. The Bertz CT molecular complexity index is 1210. The molecule has 15 unspecified atom stereocenters. The summed E-state index contributed by atoms with van der Waals surface area (Å²) in [6, 6.07) is -1.18. The summed E-state index contributed by atoms with van der Waals surface area (Å²) in [5, 5.41) is 45.3. The summed E-state index contributed by atoms with van der Waals surface area (Å²) in [5.41, 5.74) is 1.86. The largest absolute Gasteiger partial charge is 0.481 e. The van der Waals surface area contributed by atoms with Crippen molar-refractivity contribution in [1.82, 2.24) is 21.3 Å². The number of carboxylic acids is 3. The van der Waals surface area contributed by atoms with Crippen LogP contribution in [0.4, 0.5) is 0 Å². The van der Waals surface area contributed by atoms with E-state index in [-0.39, 0.29) is 84.7 Å². The molecule has 250 valence electrons. The summed E-state index contributed by atoms with van der Waals surface area (Å²) < 4.78 is 0. The van der Waals surface area contributed by atoms with Crippen molar-refractivity contribution in [2.45, 2.75) is 121 Å². The molecule has 0 amide bonds. The van der Waals surface area contributed by atoms with Crippen molar-refractivity contribution in [3.8, 4) is 0 Å². The zero-order chi connectivity index (χ0) is 32.7. The minimum absolute atomic E-state index is 0.00817. The van der Waals surface area contributed by atoms with Crippen LogP contribution in [0.5, 0.6) is 0 Å². The van der Waals surface area contributed by atoms with E-state index in [9.17, 15) is 34.5 Å². The Hall–Kier alpha value is -2.60. The molecule has 5 heterocycles. The molecule has 5 aliphatic heterocycles. The standard InChI is InChI=1S/C34H52N4O7/c1-6-18-15(3)23-11-24-16(4)20(8-9-29(40)41)32(37-24)21(10-30(42)43)33-31(34(44)45)17(5)25(38-33)12-27-19(7-2)22(14-39)28(36-27)13-26(18)35-23/h6,14-18,20-21,23-28,31-33,35-38H,1,7-13H2,2-5H3,(H,40,41)(H,42,43)(H,44,45). The fourth-order valence-electron chi connectivity index (χ4n) is 10.1. The minimum atomic E-state index is -0.999. The summed E-state index contributed by atoms with van der Waals surface area (Å²) in [5.74, 6) is -4.10. The molecule has 8 bridgehead atoms. The number of nitrogens with one attached hydrogen (secondary N) is 4. The summed E-state index contributed by atoms with van der Waals surface area (Å²) in [7, 11) is 0. The maximum atomic E-state index is 12.9. The predicted molar refractivity (Wildman–Crippen MR) is 168 cm³/mol. The highest BCUT2D eigenvalue weighted by Gasteiger charge is 2.55. The van der Waals surface area contributed by atoms with E-state index in [1.54, 1.807) is 0 Å². The molecule has 4 fully saturated rings. The van der Waals surface area contributed by atoms with Gasteiger partial charge in [-0.2, -0.15) is 0 Å². The molecule has 11 heteroatoms. The van der Waals surface area contributed by atoms with E-state index in [4.69, 9.17) is 0 Å². The van der Waals surface area contributed by atoms with Gasteiger partial charge in [0.05, 0.1) is 12.3 Å². The van der Waals surface area contributed by atoms with Gasteiger partial charge in [-0.3, -0.25) is 19.2 Å². The lowest BCUT2D eigenvalue weighted by Crippen LogP contribution is -2.52. The summed E-state index contributed by atoms with van der Waals surface area (Å²) in [6.07, 6.45) is 5.94. The maximum absolute atomic E-state index is 12.9. The van der Waals surface area contributed by atoms with E-state index in [0.717, 1.165) is 30.3 Å². The molecule has 4 saturated heterocycles. The van der Waals surface area contributed by atoms with Crippen molar-refractivity contribution in [2.24, 2.45) is 41.4 Å². The third-order valence-corrected chi connectivity index (χ3v) is 12.5. The van der Waals surface area contributed by atoms with E-state index < -0.39 is 35.8 Å². The second-order valence-electron chi connectivity index (χ2n) is 14.5. The second-order valence-corrected chi connectivity index (χ2v) is 14.5. The van der Waals surface area contributed by atoms with Gasteiger partial charge in [-0.05, 0) is 67.3 Å². The Morgan fingerprint density at radius 3 is 2.04 bits per heavy atom. The van der Waals surface area contributed by atoms with Crippen molar-refractivity contribution >= 4 is 24.2 Å². The van der Waals surface area contributed by atoms with Gasteiger partial charge in [-0.15, -0.1) is 6.58 Å². The molecule has 0 radical (unpaired) electrons. The maximum Gasteiger partial charge on any atom is 0.308 e. The van der Waals surface area contributed by atoms with Gasteiger partial charge in [0.25, 0.3) is 0 Å². The van der Waals surface area contributed by atoms with Gasteiger partial charge in [0, 0.05) is 66.2 Å². The van der Waals surface area contributed by atoms with Gasteiger partial charge in [0.2, 0.25) is 0 Å². The lowest BCUT2D eigenvalue weighted by atomic mass is 9.72. The molecule has 0 aromatic heterocycles. The normalized spacial score (nSPS) is 44.6. The zero-order valence-electron chi connectivity index (χ0n) is 26.9. The number of fused-ring (bicyclic) bond motifs is 8. The van der Waals surface area contributed by atoms with Gasteiger partial charge in [-0.25, -0.2) is 0 Å². The van der Waals surface area contributed by atoms with Gasteiger partial charge in [0.1, 0.15) is 6.29 Å². The van der Waals surface area contributed by atoms with Crippen molar-refractivity contribution in [2.75, 3.05) is 0 Å². The van der Waals surface area contributed by atoms with Crippen LogP contribution in [0.3, 0.4) is 0 Å². The molecule has 5 aliphatic rings. The van der Waals surface area contributed by atoms with Crippen LogP contribution in [-0.2, 0) is 19.2 Å². The number of hydrogen-bond donors (Lipinski definition) is 7. The molecule has 0 aliphatic carbocycles. The van der Waals surface area contributed by atoms with Crippen LogP contribution < -0.4 is 21.3 Å². The van der Waals surface area contributed by atoms with E-state index in [1.807, 2.05) is 13.0 Å². The number of aliphatic carboxylic acids is 3. The summed E-state index contributed by atoms with van der Waals surface area (Å²) in [4.78, 5) is 49.5. The number of rotatable bonds is 9. The average molecular weight is 629 g/mol. The van der Waals surface area contributed by atoms with Crippen molar-refractivity contribution in [3.05, 3.63) is 23.8 Å². The van der Waals surface area contributed by atoms with Crippen molar-refractivity contribution in [3.63, 3.8) is 0 Å². The third kappa shape index (κ3) is 6.38. The van der Waals surface area contributed by atoms with Crippen LogP contribution in [0.25, 0.3) is 0 Å². The molecular formula is C34H52N4O7. The van der Waals surface area contributed by atoms with Crippen LogP contribution in [0.2, 0.25) is 0 Å². The number of aldehydes is 1. The fraction of sp³-hybridized carbons (Fsp3) is 0.765. The highest BCUT2D eigenvalue weighted by molar-refractivity contribution is 5.78. The Labute approximate surface area is 266 Å². The highest BCUT2D eigenvalue weighted by atomic mass is 16.4. The first kappa shape index (κ1) is 33.8. The highest BCUT2D eigenvalue weighted by Crippen LogP contribution is 2.45. The Balaban J connectivity index is 1.59. The van der Waals surface area contributed by atoms with E-state index in [1.165, 1.54) is 0 Å².